The lowest BCUT2D eigenvalue weighted by atomic mass is 9.91. The highest BCUT2D eigenvalue weighted by molar-refractivity contribution is 6.03. The van der Waals surface area contributed by atoms with E-state index in [0.29, 0.717) is 16.9 Å². The number of methoxy groups -OCH3 is 1. The van der Waals surface area contributed by atoms with E-state index in [2.05, 4.69) is 0 Å². The summed E-state index contributed by atoms with van der Waals surface area (Å²) in [5.41, 5.74) is 1.60. The van der Waals surface area contributed by atoms with Crippen molar-refractivity contribution < 1.29 is 29.6 Å². The zero-order valence-corrected chi connectivity index (χ0v) is 15.8. The molecule has 0 bridgehead atoms. The van der Waals surface area contributed by atoms with E-state index in [4.69, 9.17) is 9.47 Å². The molecule has 0 radical (unpaired) electrons. The van der Waals surface area contributed by atoms with Gasteiger partial charge in [-0.05, 0) is 17.7 Å². The Bertz CT molecular complexity index is 1070. The Balaban J connectivity index is 1.83. The minimum atomic E-state index is -0.539. The summed E-state index contributed by atoms with van der Waals surface area (Å²) in [6, 6.07) is 15.3. The van der Waals surface area contributed by atoms with Gasteiger partial charge in [-0.2, -0.15) is 0 Å². The third kappa shape index (κ3) is 3.33. The fraction of sp³-hybridized carbons (Fsp3) is 0.174. The number of ketones is 1. The smallest absolute Gasteiger partial charge is 0.174 e. The average molecular weight is 392 g/mol. The maximum atomic E-state index is 12.8. The normalized spacial score (nSPS) is 15.5. The summed E-state index contributed by atoms with van der Waals surface area (Å²) in [6.07, 6.45) is -0.407. The van der Waals surface area contributed by atoms with E-state index < -0.39 is 6.10 Å². The van der Waals surface area contributed by atoms with E-state index in [-0.39, 0.29) is 47.2 Å². The molecule has 0 unspecified atom stereocenters. The number of phenols is 3. The van der Waals surface area contributed by atoms with E-state index in [9.17, 15) is 20.1 Å². The number of hydrogen-bond acceptors (Lipinski definition) is 6. The van der Waals surface area contributed by atoms with Gasteiger partial charge in [0.05, 0.1) is 13.5 Å². The molecule has 0 aromatic heterocycles. The average Bonchev–Trinajstić information content (AvgIpc) is 2.71. The fourth-order valence-corrected chi connectivity index (χ4v) is 3.65. The molecule has 0 fully saturated rings. The van der Waals surface area contributed by atoms with Crippen LogP contribution in [0.1, 0.15) is 39.6 Å². The van der Waals surface area contributed by atoms with Gasteiger partial charge in [-0.1, -0.05) is 36.4 Å². The number of fused-ring (bicyclic) bond motifs is 1. The topological polar surface area (TPSA) is 96.2 Å². The van der Waals surface area contributed by atoms with Crippen molar-refractivity contribution in [3.8, 4) is 28.7 Å². The number of benzene rings is 3. The summed E-state index contributed by atoms with van der Waals surface area (Å²) in [5.74, 6) is -0.281. The Kier molecular flexibility index (Phi) is 4.76. The first-order valence-corrected chi connectivity index (χ1v) is 9.17. The molecule has 148 valence electrons. The third-order valence-corrected chi connectivity index (χ3v) is 5.10. The Hall–Kier alpha value is -3.67. The Labute approximate surface area is 167 Å². The number of ether oxygens (including phenoxy) is 2. The van der Waals surface area contributed by atoms with Gasteiger partial charge in [0.25, 0.3) is 0 Å². The van der Waals surface area contributed by atoms with Gasteiger partial charge in [-0.3, -0.25) is 4.79 Å². The largest absolute Gasteiger partial charge is 0.508 e. The second-order valence-electron chi connectivity index (χ2n) is 6.88. The van der Waals surface area contributed by atoms with Crippen LogP contribution in [0.5, 0.6) is 28.7 Å². The maximum absolute atomic E-state index is 12.8. The van der Waals surface area contributed by atoms with Crippen LogP contribution in [0.4, 0.5) is 0 Å². The second kappa shape index (κ2) is 7.39. The Morgan fingerprint density at radius 1 is 0.966 bits per heavy atom. The molecule has 3 aromatic carbocycles. The molecule has 1 aliphatic heterocycles. The fourth-order valence-electron chi connectivity index (χ4n) is 3.65. The number of rotatable bonds is 4. The minimum Gasteiger partial charge on any atom is -0.508 e. The number of hydrogen-bond donors (Lipinski definition) is 3. The summed E-state index contributed by atoms with van der Waals surface area (Å²) < 4.78 is 11.4. The summed E-state index contributed by atoms with van der Waals surface area (Å²) in [4.78, 5) is 12.8. The molecule has 0 saturated heterocycles. The van der Waals surface area contributed by atoms with Crippen LogP contribution < -0.4 is 9.47 Å². The molecule has 3 N–H and O–H groups in total. The molecule has 0 spiro atoms. The maximum Gasteiger partial charge on any atom is 0.174 e. The number of carbonyl (C=O) groups excluding carboxylic acids is 1. The Morgan fingerprint density at radius 2 is 1.72 bits per heavy atom. The van der Waals surface area contributed by atoms with Crippen LogP contribution in [0.2, 0.25) is 0 Å². The molecule has 29 heavy (non-hydrogen) atoms. The van der Waals surface area contributed by atoms with Crippen molar-refractivity contribution in [3.05, 3.63) is 76.9 Å². The highest BCUT2D eigenvalue weighted by Crippen LogP contribution is 2.47. The standard InChI is InChI=1S/C23H20O6/c1-28-20-9-5-8-16(24)14(20)10-15-17(25)11-18(26)22-19(27)12-21(29-23(15)22)13-6-3-2-4-7-13/h2-9,11,21,24-26H,10,12H2,1H3/t21-/m1/s1. The summed E-state index contributed by atoms with van der Waals surface area (Å²) in [5, 5.41) is 31.1. The van der Waals surface area contributed by atoms with Gasteiger partial charge in [0.2, 0.25) is 0 Å². The van der Waals surface area contributed by atoms with E-state index in [1.54, 1.807) is 12.1 Å². The third-order valence-electron chi connectivity index (χ3n) is 5.10. The highest BCUT2D eigenvalue weighted by Gasteiger charge is 2.34. The number of carbonyl (C=O) groups is 1. The van der Waals surface area contributed by atoms with Crippen LogP contribution in [-0.2, 0) is 6.42 Å². The highest BCUT2D eigenvalue weighted by atomic mass is 16.5. The molecule has 6 heteroatoms. The van der Waals surface area contributed by atoms with Crippen LogP contribution in [-0.4, -0.2) is 28.2 Å². The molecule has 0 aliphatic carbocycles. The number of phenolic OH excluding ortho intramolecular Hbond substituents is 3. The molecule has 1 atom stereocenters. The number of Topliss-reactive ketones (excluding diaryl/α,β-unsaturated/α-hetero) is 1. The van der Waals surface area contributed by atoms with Crippen molar-refractivity contribution in [3.63, 3.8) is 0 Å². The van der Waals surface area contributed by atoms with Crippen LogP contribution >= 0.6 is 0 Å². The first-order valence-electron chi connectivity index (χ1n) is 9.17. The first kappa shape index (κ1) is 18.7. The molecule has 1 aliphatic rings. The van der Waals surface area contributed by atoms with Gasteiger partial charge < -0.3 is 24.8 Å². The molecule has 4 rings (SSSR count). The van der Waals surface area contributed by atoms with Crippen molar-refractivity contribution in [2.75, 3.05) is 7.11 Å². The van der Waals surface area contributed by atoms with Gasteiger partial charge in [0, 0.05) is 23.6 Å². The summed E-state index contributed by atoms with van der Waals surface area (Å²) in [6.45, 7) is 0. The van der Waals surface area contributed by atoms with Gasteiger partial charge >= 0.3 is 0 Å². The van der Waals surface area contributed by atoms with E-state index in [1.807, 2.05) is 30.3 Å². The lowest BCUT2D eigenvalue weighted by Gasteiger charge is -2.28. The van der Waals surface area contributed by atoms with E-state index in [0.717, 1.165) is 11.6 Å². The van der Waals surface area contributed by atoms with Gasteiger partial charge in [-0.25, -0.2) is 0 Å². The van der Waals surface area contributed by atoms with Gasteiger partial charge in [0.1, 0.15) is 40.4 Å². The van der Waals surface area contributed by atoms with Crippen LogP contribution in [0.3, 0.4) is 0 Å². The van der Waals surface area contributed by atoms with Gasteiger partial charge in [-0.15, -0.1) is 0 Å². The van der Waals surface area contributed by atoms with Crippen molar-refractivity contribution in [1.29, 1.82) is 0 Å². The lowest BCUT2D eigenvalue weighted by molar-refractivity contribution is 0.0842. The van der Waals surface area contributed by atoms with Crippen LogP contribution in [0.25, 0.3) is 0 Å². The quantitative estimate of drug-likeness (QED) is 0.618. The lowest BCUT2D eigenvalue weighted by Crippen LogP contribution is -2.21. The van der Waals surface area contributed by atoms with E-state index in [1.165, 1.54) is 13.2 Å². The molecule has 3 aromatic rings. The first-order chi connectivity index (χ1) is 14.0. The predicted molar refractivity (Wildman–Crippen MR) is 106 cm³/mol. The zero-order valence-electron chi connectivity index (χ0n) is 15.8. The molecular formula is C23H20O6. The SMILES string of the molecule is COc1cccc(O)c1Cc1c(O)cc(O)c2c1O[C@@H](c1ccccc1)CC2=O. The summed E-state index contributed by atoms with van der Waals surface area (Å²) in [7, 11) is 1.48. The van der Waals surface area contributed by atoms with Crippen molar-refractivity contribution >= 4 is 5.78 Å². The molecule has 0 amide bonds. The van der Waals surface area contributed by atoms with Crippen molar-refractivity contribution in [2.45, 2.75) is 18.9 Å². The zero-order chi connectivity index (χ0) is 20.5. The molecular weight excluding hydrogens is 372 g/mol. The number of aromatic hydroxyl groups is 3. The summed E-state index contributed by atoms with van der Waals surface area (Å²) >= 11 is 0. The van der Waals surface area contributed by atoms with Crippen molar-refractivity contribution in [2.24, 2.45) is 0 Å². The van der Waals surface area contributed by atoms with Crippen LogP contribution in [0, 0.1) is 0 Å². The van der Waals surface area contributed by atoms with Crippen LogP contribution in [0.15, 0.2) is 54.6 Å². The molecule has 0 saturated carbocycles. The van der Waals surface area contributed by atoms with E-state index >= 15 is 0 Å². The molecule has 6 nitrogen and oxygen atoms in total. The monoisotopic (exact) mass is 392 g/mol. The predicted octanol–water partition coefficient (Wildman–Crippen LogP) is 4.11. The Morgan fingerprint density at radius 3 is 2.45 bits per heavy atom. The second-order valence-corrected chi connectivity index (χ2v) is 6.88. The van der Waals surface area contributed by atoms with Gasteiger partial charge in [0.15, 0.2) is 5.78 Å². The molecule has 1 heterocycles. The van der Waals surface area contributed by atoms with Crippen molar-refractivity contribution in [1.82, 2.24) is 0 Å². The minimum absolute atomic E-state index is 0.00711.